The van der Waals surface area contributed by atoms with Crippen LogP contribution in [0.15, 0.2) is 36.4 Å². The molecule has 112 valence electrons. The first-order chi connectivity index (χ1) is 10.2. The molecule has 1 aromatic carbocycles. The average Bonchev–Trinajstić information content (AvgIpc) is 2.99. The topological polar surface area (TPSA) is 38.3 Å². The number of carbonyl (C=O) groups is 1. The molecule has 2 rings (SSSR count). The van der Waals surface area contributed by atoms with Crippen LogP contribution in [0.5, 0.6) is 0 Å². The minimum absolute atomic E-state index is 0.255. The van der Waals surface area contributed by atoms with Crippen molar-refractivity contribution in [3.8, 4) is 0 Å². The first-order valence-corrected chi connectivity index (χ1v) is 8.13. The van der Waals surface area contributed by atoms with E-state index in [4.69, 9.17) is 4.74 Å². The van der Waals surface area contributed by atoms with Gasteiger partial charge in [-0.1, -0.05) is 13.8 Å². The number of aryl methyl sites for hydroxylation is 1. The van der Waals surface area contributed by atoms with Gasteiger partial charge < -0.3 is 10.1 Å². The van der Waals surface area contributed by atoms with Crippen LogP contribution in [-0.4, -0.2) is 12.6 Å². The first kappa shape index (κ1) is 15.6. The molecule has 2 aromatic rings. The fourth-order valence-corrected chi connectivity index (χ4v) is 2.80. The number of rotatable bonds is 7. The maximum Gasteiger partial charge on any atom is 0.338 e. The summed E-state index contributed by atoms with van der Waals surface area (Å²) in [4.78, 5) is 14.4. The first-order valence-electron chi connectivity index (χ1n) is 7.31. The third-order valence-corrected chi connectivity index (χ3v) is 4.32. The van der Waals surface area contributed by atoms with Gasteiger partial charge in [-0.2, -0.15) is 0 Å². The van der Waals surface area contributed by atoms with Gasteiger partial charge in [-0.05, 0) is 49.2 Å². The van der Waals surface area contributed by atoms with E-state index in [-0.39, 0.29) is 5.97 Å². The van der Waals surface area contributed by atoms with E-state index >= 15 is 0 Å². The number of hydrogen-bond donors (Lipinski definition) is 1. The van der Waals surface area contributed by atoms with Crippen LogP contribution in [0.3, 0.4) is 0 Å². The number of benzene rings is 1. The van der Waals surface area contributed by atoms with Crippen molar-refractivity contribution in [2.75, 3.05) is 11.9 Å². The smallest absolute Gasteiger partial charge is 0.338 e. The third-order valence-electron chi connectivity index (χ3n) is 3.09. The molecule has 21 heavy (non-hydrogen) atoms. The molecule has 0 aliphatic heterocycles. The Balaban J connectivity index is 1.88. The molecule has 1 aromatic heterocycles. The molecule has 0 unspecified atom stereocenters. The molecule has 0 atom stereocenters. The lowest BCUT2D eigenvalue weighted by Crippen LogP contribution is -2.06. The molecule has 0 radical (unpaired) electrons. The van der Waals surface area contributed by atoms with Crippen LogP contribution in [0.25, 0.3) is 0 Å². The Morgan fingerprint density at radius 1 is 1.10 bits per heavy atom. The highest BCUT2D eigenvalue weighted by molar-refractivity contribution is 7.12. The predicted octanol–water partition coefficient (Wildman–Crippen LogP) is 4.49. The Bertz CT molecular complexity index is 575. The summed E-state index contributed by atoms with van der Waals surface area (Å²) in [7, 11) is 0. The number of thiophene rings is 1. The van der Waals surface area contributed by atoms with Crippen LogP contribution >= 0.6 is 11.3 Å². The van der Waals surface area contributed by atoms with E-state index < -0.39 is 0 Å². The molecule has 0 aliphatic carbocycles. The number of esters is 1. The quantitative estimate of drug-likeness (QED) is 0.766. The zero-order valence-electron chi connectivity index (χ0n) is 12.5. The van der Waals surface area contributed by atoms with Crippen molar-refractivity contribution in [3.05, 3.63) is 51.7 Å². The minimum atomic E-state index is -0.255. The summed E-state index contributed by atoms with van der Waals surface area (Å²) in [5.41, 5.74) is 1.60. The summed E-state index contributed by atoms with van der Waals surface area (Å²) < 4.78 is 5.10. The lowest BCUT2D eigenvalue weighted by Gasteiger charge is -2.06. The van der Waals surface area contributed by atoms with E-state index in [0.29, 0.717) is 12.2 Å². The summed E-state index contributed by atoms with van der Waals surface area (Å²) in [5, 5.41) is 3.37. The Labute approximate surface area is 130 Å². The molecule has 3 nitrogen and oxygen atoms in total. The second-order valence-electron chi connectivity index (χ2n) is 4.79. The van der Waals surface area contributed by atoms with Crippen molar-refractivity contribution in [3.63, 3.8) is 0 Å². The second kappa shape index (κ2) is 7.84. The van der Waals surface area contributed by atoms with Gasteiger partial charge in [0.05, 0.1) is 12.2 Å². The standard InChI is InChI=1S/C17H21NO2S/c1-3-11-20-17(19)13-5-7-14(8-6-13)18-12-16-10-9-15(4-2)21-16/h5-10,18H,3-4,11-12H2,1-2H3. The van der Waals surface area contributed by atoms with Crippen molar-refractivity contribution in [2.45, 2.75) is 33.2 Å². The molecule has 1 heterocycles. The van der Waals surface area contributed by atoms with Crippen LogP contribution < -0.4 is 5.32 Å². The summed E-state index contributed by atoms with van der Waals surface area (Å²) in [6.45, 7) is 5.43. The third kappa shape index (κ3) is 4.60. The van der Waals surface area contributed by atoms with Gasteiger partial charge in [0, 0.05) is 22.0 Å². The highest BCUT2D eigenvalue weighted by Gasteiger charge is 2.06. The van der Waals surface area contributed by atoms with Gasteiger partial charge in [0.1, 0.15) is 0 Å². The van der Waals surface area contributed by atoms with E-state index in [1.807, 2.05) is 30.4 Å². The number of ether oxygens (including phenoxy) is 1. The molecule has 0 bridgehead atoms. The number of anilines is 1. The van der Waals surface area contributed by atoms with Crippen molar-refractivity contribution in [1.29, 1.82) is 0 Å². The Kier molecular flexibility index (Phi) is 5.81. The van der Waals surface area contributed by atoms with Gasteiger partial charge in [-0.3, -0.25) is 0 Å². The maximum atomic E-state index is 11.7. The fourth-order valence-electron chi connectivity index (χ4n) is 1.90. The minimum Gasteiger partial charge on any atom is -0.462 e. The van der Waals surface area contributed by atoms with Crippen LogP contribution in [0.4, 0.5) is 5.69 Å². The molecule has 0 saturated carbocycles. The van der Waals surface area contributed by atoms with Crippen LogP contribution in [0, 0.1) is 0 Å². The normalized spacial score (nSPS) is 10.4. The monoisotopic (exact) mass is 303 g/mol. The van der Waals surface area contributed by atoms with Crippen molar-refractivity contribution >= 4 is 23.0 Å². The van der Waals surface area contributed by atoms with Gasteiger partial charge in [-0.15, -0.1) is 11.3 Å². The van der Waals surface area contributed by atoms with Gasteiger partial charge in [0.2, 0.25) is 0 Å². The highest BCUT2D eigenvalue weighted by Crippen LogP contribution is 2.19. The molecule has 0 spiro atoms. The maximum absolute atomic E-state index is 11.7. The summed E-state index contributed by atoms with van der Waals surface area (Å²) >= 11 is 1.83. The van der Waals surface area contributed by atoms with Crippen LogP contribution in [0.1, 0.15) is 40.4 Å². The van der Waals surface area contributed by atoms with Crippen LogP contribution in [0.2, 0.25) is 0 Å². The average molecular weight is 303 g/mol. The second-order valence-corrected chi connectivity index (χ2v) is 6.04. The molecule has 4 heteroatoms. The molecular formula is C17H21NO2S. The van der Waals surface area contributed by atoms with Crippen molar-refractivity contribution < 1.29 is 9.53 Å². The number of hydrogen-bond acceptors (Lipinski definition) is 4. The molecule has 0 saturated heterocycles. The zero-order valence-corrected chi connectivity index (χ0v) is 13.3. The molecule has 0 fully saturated rings. The van der Waals surface area contributed by atoms with E-state index in [2.05, 4.69) is 24.4 Å². The summed E-state index contributed by atoms with van der Waals surface area (Å²) in [5.74, 6) is -0.255. The Morgan fingerprint density at radius 2 is 1.81 bits per heavy atom. The zero-order chi connectivity index (χ0) is 15.1. The van der Waals surface area contributed by atoms with Crippen LogP contribution in [-0.2, 0) is 17.7 Å². The highest BCUT2D eigenvalue weighted by atomic mass is 32.1. The van der Waals surface area contributed by atoms with Gasteiger partial charge in [0.25, 0.3) is 0 Å². The lowest BCUT2D eigenvalue weighted by atomic mass is 10.2. The lowest BCUT2D eigenvalue weighted by molar-refractivity contribution is 0.0505. The van der Waals surface area contributed by atoms with Gasteiger partial charge in [-0.25, -0.2) is 4.79 Å². The molecule has 0 amide bonds. The number of nitrogens with one attached hydrogen (secondary N) is 1. The van der Waals surface area contributed by atoms with Crippen molar-refractivity contribution in [2.24, 2.45) is 0 Å². The van der Waals surface area contributed by atoms with Crippen molar-refractivity contribution in [1.82, 2.24) is 0 Å². The largest absolute Gasteiger partial charge is 0.462 e. The Morgan fingerprint density at radius 3 is 2.43 bits per heavy atom. The van der Waals surface area contributed by atoms with Gasteiger partial charge >= 0.3 is 5.97 Å². The predicted molar refractivity (Wildman–Crippen MR) is 88.0 cm³/mol. The molecular weight excluding hydrogens is 282 g/mol. The summed E-state index contributed by atoms with van der Waals surface area (Å²) in [6.07, 6.45) is 1.92. The molecule has 1 N–H and O–H groups in total. The number of carbonyl (C=O) groups excluding carboxylic acids is 1. The van der Waals surface area contributed by atoms with Gasteiger partial charge in [0.15, 0.2) is 0 Å². The fraction of sp³-hybridized carbons (Fsp3) is 0.353. The molecule has 0 aliphatic rings. The van der Waals surface area contributed by atoms with E-state index in [0.717, 1.165) is 25.1 Å². The van der Waals surface area contributed by atoms with E-state index in [1.165, 1.54) is 9.75 Å². The van der Waals surface area contributed by atoms with E-state index in [9.17, 15) is 4.79 Å². The van der Waals surface area contributed by atoms with E-state index in [1.54, 1.807) is 12.1 Å². The summed E-state index contributed by atoms with van der Waals surface area (Å²) in [6, 6.07) is 11.8. The SMILES string of the molecule is CCCOC(=O)c1ccc(NCc2ccc(CC)s2)cc1. The Hall–Kier alpha value is -1.81.